The third-order valence-corrected chi connectivity index (χ3v) is 12.5. The van der Waals surface area contributed by atoms with Gasteiger partial charge in [-0.2, -0.15) is 0 Å². The van der Waals surface area contributed by atoms with Gasteiger partial charge in [0.1, 0.15) is 23.0 Å². The van der Waals surface area contributed by atoms with Crippen LogP contribution in [-0.2, 0) is 5.41 Å². The summed E-state index contributed by atoms with van der Waals surface area (Å²) in [4.78, 5) is 0. The summed E-state index contributed by atoms with van der Waals surface area (Å²) in [6.07, 6.45) is 7.55. The molecule has 0 heterocycles. The molecule has 248 valence electrons. The van der Waals surface area contributed by atoms with Crippen molar-refractivity contribution in [2.75, 3.05) is 0 Å². The molecule has 6 rings (SSSR count). The molecule has 2 aliphatic rings. The van der Waals surface area contributed by atoms with Gasteiger partial charge in [-0.05, 0) is 171 Å². The average molecular weight is 637 g/mol. The fourth-order valence-corrected chi connectivity index (χ4v) is 9.25. The Morgan fingerprint density at radius 1 is 0.553 bits per heavy atom. The molecule has 0 aliphatic heterocycles. The van der Waals surface area contributed by atoms with Gasteiger partial charge in [0.15, 0.2) is 0 Å². The minimum absolute atomic E-state index is 0.116. The fourth-order valence-electron chi connectivity index (χ4n) is 9.25. The molecule has 4 aromatic carbocycles. The maximum absolute atomic E-state index is 7.51. The quantitative estimate of drug-likeness (QED) is 0.140. The Morgan fingerprint density at radius 2 is 1.00 bits per heavy atom. The Hall–Kier alpha value is -3.92. The molecule has 0 aromatic heterocycles. The molecule has 0 bridgehead atoms. The first-order chi connectivity index (χ1) is 24.4. The minimum Gasteiger partial charge on any atom is -0.508 e. The van der Waals surface area contributed by atoms with Crippen molar-refractivity contribution >= 4 is 0 Å². The number of benzene rings is 4. The fraction of sp³-hybridized carbons (Fsp3) is 0.442. The van der Waals surface area contributed by atoms with Crippen LogP contribution in [0.15, 0.2) is 72.8 Å². The van der Waals surface area contributed by atoms with Crippen molar-refractivity contribution in [2.24, 2.45) is 17.3 Å². The highest BCUT2D eigenvalue weighted by Gasteiger charge is 2.47. The number of hydrogen-bond acceptors (Lipinski definition) is 4. The standard InChI is InChI=1S/C43H52O4/c1-26-21-30(7-13-38(26)44)36-12-9-33(25-37(36)31-8-14-39(45)27(2)22-31)42(5,6)32-17-19-43(20-18-32,34-10-15-40(46)28(3)23-34)35-11-16-41(47)29(4)24-35/h7-8,10-11,13-16,21-24,32-33,36-37,44-47H,9,12,17-20,25H2,1-6H3/i/hD4. The van der Waals surface area contributed by atoms with E-state index in [1.165, 1.54) is 22.3 Å². The van der Waals surface area contributed by atoms with Crippen LogP contribution in [0.2, 0.25) is 0 Å². The van der Waals surface area contributed by atoms with Crippen LogP contribution >= 0.6 is 0 Å². The van der Waals surface area contributed by atoms with E-state index >= 15 is 0 Å². The number of aryl methyl sites for hydroxylation is 4. The van der Waals surface area contributed by atoms with Gasteiger partial charge in [-0.3, -0.25) is 0 Å². The molecular formula is C43H52O4. The molecular weight excluding hydrogens is 580 g/mol. The number of hydrogen-bond donors (Lipinski definition) is 4. The van der Waals surface area contributed by atoms with E-state index in [2.05, 4.69) is 62.4 Å². The maximum Gasteiger partial charge on any atom is 0.293 e. The van der Waals surface area contributed by atoms with Gasteiger partial charge < -0.3 is 20.4 Å². The lowest BCUT2D eigenvalue weighted by atomic mass is 9.53. The minimum atomic E-state index is -0.185. The average Bonchev–Trinajstić information content (AvgIpc) is 3.14. The van der Waals surface area contributed by atoms with Gasteiger partial charge >= 0.3 is 0 Å². The van der Waals surface area contributed by atoms with Gasteiger partial charge in [-0.1, -0.05) is 62.4 Å². The highest BCUT2D eigenvalue weighted by molar-refractivity contribution is 5.48. The molecule has 4 nitrogen and oxygen atoms in total. The van der Waals surface area contributed by atoms with E-state index in [-0.39, 0.29) is 10.8 Å². The summed E-state index contributed by atoms with van der Waals surface area (Å²) < 4.78 is 30.0. The van der Waals surface area contributed by atoms with Gasteiger partial charge in [0, 0.05) is 5.41 Å². The van der Waals surface area contributed by atoms with Gasteiger partial charge in [-0.15, -0.1) is 0 Å². The van der Waals surface area contributed by atoms with Crippen LogP contribution in [0.25, 0.3) is 0 Å². The third kappa shape index (κ3) is 6.12. The first-order valence-corrected chi connectivity index (χ1v) is 17.4. The van der Waals surface area contributed by atoms with Crippen LogP contribution < -0.4 is 0 Å². The van der Waals surface area contributed by atoms with E-state index in [4.69, 9.17) is 26.2 Å². The monoisotopic (exact) mass is 636 g/mol. The topological polar surface area (TPSA) is 80.9 Å². The van der Waals surface area contributed by atoms with Crippen molar-refractivity contribution in [3.05, 3.63) is 117 Å². The molecule has 0 amide bonds. The molecule has 0 spiro atoms. The second-order valence-electron chi connectivity index (χ2n) is 15.4. The zero-order valence-corrected chi connectivity index (χ0v) is 28.8. The SMILES string of the molecule is [2H]Oc1ccc(C2CCC(C(C)(C)C3CCC(c4ccc(O[2H])c(C)c4)(c4ccc(O[2H])c(C)c4)CC3)CC2c2ccc(O[2H])c(C)c2)cc1C. The molecule has 3 unspecified atom stereocenters. The van der Waals surface area contributed by atoms with Gasteiger partial charge in [0.25, 0.3) is 5.72 Å². The summed E-state index contributed by atoms with van der Waals surface area (Å²) in [5.41, 5.74) is 8.92. The summed E-state index contributed by atoms with van der Waals surface area (Å²) in [7, 11) is 0. The van der Waals surface area contributed by atoms with Crippen molar-refractivity contribution in [3.8, 4) is 23.0 Å². The lowest BCUT2D eigenvalue weighted by Gasteiger charge is -2.51. The third-order valence-electron chi connectivity index (χ3n) is 12.5. The van der Waals surface area contributed by atoms with Crippen molar-refractivity contribution in [1.82, 2.24) is 0 Å². The van der Waals surface area contributed by atoms with E-state index in [1.54, 1.807) is 0 Å². The molecule has 2 aliphatic carbocycles. The van der Waals surface area contributed by atoms with E-state index in [0.29, 0.717) is 46.7 Å². The van der Waals surface area contributed by atoms with Crippen LogP contribution in [0.4, 0.5) is 0 Å². The molecule has 3 atom stereocenters. The Balaban J connectivity index is 1.30. The van der Waals surface area contributed by atoms with Crippen LogP contribution in [0.3, 0.4) is 0 Å². The highest BCUT2D eigenvalue weighted by atomic mass is 16.3. The van der Waals surface area contributed by atoms with Crippen molar-refractivity contribution in [3.63, 3.8) is 0 Å². The lowest BCUT2D eigenvalue weighted by Crippen LogP contribution is -2.42. The normalized spacial score (nSPS) is 22.7. The molecule has 4 N–H and O–H groups in total. The van der Waals surface area contributed by atoms with E-state index in [9.17, 15) is 0 Å². The predicted molar refractivity (Wildman–Crippen MR) is 191 cm³/mol. The van der Waals surface area contributed by atoms with Crippen molar-refractivity contribution in [2.45, 2.75) is 104 Å². The second kappa shape index (κ2) is 12.6. The van der Waals surface area contributed by atoms with Gasteiger partial charge in [0.2, 0.25) is 0 Å². The van der Waals surface area contributed by atoms with Crippen molar-refractivity contribution < 1.29 is 20.4 Å². The Labute approximate surface area is 287 Å². The summed E-state index contributed by atoms with van der Waals surface area (Å²) in [5.74, 6) is 4.09. The first-order valence-electron chi connectivity index (χ1n) is 19.0. The van der Waals surface area contributed by atoms with Crippen LogP contribution in [0, 0.1) is 44.9 Å². The smallest absolute Gasteiger partial charge is 0.293 e. The van der Waals surface area contributed by atoms with Gasteiger partial charge in [0.05, 0.1) is 0 Å². The molecule has 2 saturated carbocycles. The molecule has 47 heavy (non-hydrogen) atoms. The predicted octanol–water partition coefficient (Wildman–Crippen LogP) is 10.6. The van der Waals surface area contributed by atoms with Crippen LogP contribution in [0.5, 0.6) is 23.0 Å². The Morgan fingerprint density at radius 3 is 1.45 bits per heavy atom. The summed E-state index contributed by atoms with van der Waals surface area (Å²) in [6, 6.07) is 25.2. The first kappa shape index (κ1) is 28.1. The second-order valence-corrected chi connectivity index (χ2v) is 15.4. The molecule has 0 saturated heterocycles. The number of phenols is 4. The summed E-state index contributed by atoms with van der Waals surface area (Å²) in [6.45, 7) is 13.1. The molecule has 4 aromatic rings. The number of aromatic hydroxyl groups is 4. The number of rotatable bonds is 10. The largest absolute Gasteiger partial charge is 0.508 e. The molecule has 2 fully saturated rings. The Kier molecular flexibility index (Phi) is 7.54. The highest BCUT2D eigenvalue weighted by Crippen LogP contribution is 2.58. The van der Waals surface area contributed by atoms with E-state index < -0.39 is 0 Å². The van der Waals surface area contributed by atoms with Crippen LogP contribution in [0.1, 0.15) is 115 Å². The van der Waals surface area contributed by atoms with E-state index in [1.807, 2.05) is 52.0 Å². The molecule has 0 radical (unpaired) electrons. The summed E-state index contributed by atoms with van der Waals surface area (Å²) in [5, 5.41) is 19.6. The van der Waals surface area contributed by atoms with Crippen LogP contribution in [-0.4, -0.2) is 26.2 Å². The number of phenolic OH excluding ortho intramolecular Hbond substituents is 4. The van der Waals surface area contributed by atoms with Crippen molar-refractivity contribution in [1.29, 1.82) is 5.72 Å². The summed E-state index contributed by atoms with van der Waals surface area (Å²) >= 11 is 0. The Bertz CT molecular complexity index is 1790. The van der Waals surface area contributed by atoms with Gasteiger partial charge in [-0.25, -0.2) is 0 Å². The zero-order valence-electron chi connectivity index (χ0n) is 32.8. The molecule has 4 heteroatoms. The zero-order chi connectivity index (χ0) is 36.5. The maximum atomic E-state index is 7.51. The van der Waals surface area contributed by atoms with E-state index in [0.717, 1.165) is 67.2 Å². The lowest BCUT2D eigenvalue weighted by molar-refractivity contribution is 0.0378.